The molecule has 0 aliphatic heterocycles. The second kappa shape index (κ2) is 7.24. The van der Waals surface area contributed by atoms with Crippen molar-refractivity contribution in [3.63, 3.8) is 0 Å². The molecule has 3 nitrogen and oxygen atoms in total. The van der Waals surface area contributed by atoms with Crippen molar-refractivity contribution in [1.29, 1.82) is 0 Å². The number of carboxylic acids is 1. The highest BCUT2D eigenvalue weighted by Crippen LogP contribution is 2.13. The summed E-state index contributed by atoms with van der Waals surface area (Å²) in [5.41, 5.74) is 1.57. The first kappa shape index (κ1) is 15.6. The number of carbonyl (C=O) groups is 1. The van der Waals surface area contributed by atoms with Crippen molar-refractivity contribution in [3.05, 3.63) is 35.1 Å². The first-order valence-corrected chi connectivity index (χ1v) is 6.61. The summed E-state index contributed by atoms with van der Waals surface area (Å²) in [5.74, 6) is -0.961. The Bertz CT molecular complexity index is 432. The summed E-state index contributed by atoms with van der Waals surface area (Å²) in [6, 6.07) is 5.56. The van der Waals surface area contributed by atoms with Crippen LogP contribution in [0, 0.1) is 12.7 Å². The first-order valence-electron chi connectivity index (χ1n) is 6.61. The van der Waals surface area contributed by atoms with Crippen LogP contribution in [0.3, 0.4) is 0 Å². The lowest BCUT2D eigenvalue weighted by Crippen LogP contribution is -2.31. The van der Waals surface area contributed by atoms with Crippen LogP contribution in [0.4, 0.5) is 4.39 Å². The Morgan fingerprint density at radius 3 is 2.63 bits per heavy atom. The molecule has 0 atom stereocenters. The minimum absolute atomic E-state index is 0.172. The monoisotopic (exact) mass is 267 g/mol. The number of rotatable bonds is 7. The highest BCUT2D eigenvalue weighted by atomic mass is 19.1. The molecule has 0 spiro atoms. The van der Waals surface area contributed by atoms with E-state index < -0.39 is 5.97 Å². The summed E-state index contributed by atoms with van der Waals surface area (Å²) in [4.78, 5) is 12.7. The SMILES string of the molecule is Cc1ccc(CN(CCCC(=O)O)C(C)C)cc1F. The maximum absolute atomic E-state index is 13.5. The van der Waals surface area contributed by atoms with E-state index in [2.05, 4.69) is 18.7 Å². The molecule has 0 unspecified atom stereocenters. The predicted molar refractivity (Wildman–Crippen MR) is 73.6 cm³/mol. The number of benzene rings is 1. The van der Waals surface area contributed by atoms with Gasteiger partial charge >= 0.3 is 5.97 Å². The van der Waals surface area contributed by atoms with Gasteiger partial charge in [-0.1, -0.05) is 12.1 Å². The van der Waals surface area contributed by atoms with E-state index in [1.807, 2.05) is 6.07 Å². The molecule has 0 bridgehead atoms. The van der Waals surface area contributed by atoms with Gasteiger partial charge in [0.05, 0.1) is 0 Å². The molecule has 0 saturated heterocycles. The molecule has 0 aromatic heterocycles. The Morgan fingerprint density at radius 1 is 1.42 bits per heavy atom. The van der Waals surface area contributed by atoms with E-state index >= 15 is 0 Å². The average Bonchev–Trinajstić information content (AvgIpc) is 2.32. The van der Waals surface area contributed by atoms with Crippen LogP contribution in [0.2, 0.25) is 0 Å². The van der Waals surface area contributed by atoms with Gasteiger partial charge < -0.3 is 5.11 Å². The Hall–Kier alpha value is -1.42. The third kappa shape index (κ3) is 5.39. The number of nitrogens with zero attached hydrogens (tertiary/aromatic N) is 1. The van der Waals surface area contributed by atoms with Gasteiger partial charge in [0.15, 0.2) is 0 Å². The minimum atomic E-state index is -0.773. The summed E-state index contributed by atoms with van der Waals surface area (Å²) in [7, 11) is 0. The van der Waals surface area contributed by atoms with E-state index in [0.29, 0.717) is 31.1 Å². The molecule has 0 amide bonds. The normalized spacial score (nSPS) is 11.3. The van der Waals surface area contributed by atoms with Crippen LogP contribution in [-0.2, 0) is 11.3 Å². The van der Waals surface area contributed by atoms with Crippen LogP contribution in [0.15, 0.2) is 18.2 Å². The van der Waals surface area contributed by atoms with Gasteiger partial charge in [-0.05, 0) is 50.9 Å². The number of aliphatic carboxylic acids is 1. The lowest BCUT2D eigenvalue weighted by molar-refractivity contribution is -0.137. The maximum Gasteiger partial charge on any atom is 0.303 e. The molecule has 0 aliphatic carbocycles. The third-order valence-electron chi connectivity index (χ3n) is 3.19. The summed E-state index contributed by atoms with van der Waals surface area (Å²) in [6.45, 7) is 7.22. The Kier molecular flexibility index (Phi) is 5.96. The molecule has 0 saturated carbocycles. The molecular formula is C15H22FNO2. The topological polar surface area (TPSA) is 40.5 Å². The van der Waals surface area contributed by atoms with Gasteiger partial charge in [-0.2, -0.15) is 0 Å². The van der Waals surface area contributed by atoms with Gasteiger partial charge in [0.1, 0.15) is 5.82 Å². The van der Waals surface area contributed by atoms with Gasteiger partial charge in [0.25, 0.3) is 0 Å². The fraction of sp³-hybridized carbons (Fsp3) is 0.533. The molecule has 0 heterocycles. The Morgan fingerprint density at radius 2 is 2.11 bits per heavy atom. The molecule has 106 valence electrons. The zero-order valence-corrected chi connectivity index (χ0v) is 11.8. The predicted octanol–water partition coefficient (Wildman–Crippen LogP) is 3.21. The lowest BCUT2D eigenvalue weighted by atomic mass is 10.1. The molecule has 1 rings (SSSR count). The van der Waals surface area contributed by atoms with Crippen LogP contribution >= 0.6 is 0 Å². The number of hydrogen-bond donors (Lipinski definition) is 1. The second-order valence-electron chi connectivity index (χ2n) is 5.15. The summed E-state index contributed by atoms with van der Waals surface area (Å²) in [5, 5.41) is 8.65. The van der Waals surface area contributed by atoms with E-state index in [9.17, 15) is 9.18 Å². The highest BCUT2D eigenvalue weighted by molar-refractivity contribution is 5.66. The number of hydrogen-bond acceptors (Lipinski definition) is 2. The van der Waals surface area contributed by atoms with Crippen molar-refractivity contribution < 1.29 is 14.3 Å². The summed E-state index contributed by atoms with van der Waals surface area (Å²) in [6.07, 6.45) is 0.785. The highest BCUT2D eigenvalue weighted by Gasteiger charge is 2.11. The van der Waals surface area contributed by atoms with Crippen molar-refractivity contribution in [2.45, 2.75) is 46.2 Å². The van der Waals surface area contributed by atoms with E-state index in [-0.39, 0.29) is 12.2 Å². The van der Waals surface area contributed by atoms with Crippen molar-refractivity contribution in [2.24, 2.45) is 0 Å². The zero-order chi connectivity index (χ0) is 14.4. The average molecular weight is 267 g/mol. The van der Waals surface area contributed by atoms with Crippen LogP contribution in [0.25, 0.3) is 0 Å². The molecule has 4 heteroatoms. The first-order chi connectivity index (χ1) is 8.90. The van der Waals surface area contributed by atoms with Gasteiger partial charge in [0.2, 0.25) is 0 Å². The van der Waals surface area contributed by atoms with Crippen molar-refractivity contribution in [1.82, 2.24) is 4.90 Å². The second-order valence-corrected chi connectivity index (χ2v) is 5.15. The van der Waals surface area contributed by atoms with E-state index in [1.54, 1.807) is 19.1 Å². The van der Waals surface area contributed by atoms with Crippen LogP contribution < -0.4 is 0 Å². The third-order valence-corrected chi connectivity index (χ3v) is 3.19. The Balaban J connectivity index is 2.62. The quantitative estimate of drug-likeness (QED) is 0.824. The molecule has 1 aromatic carbocycles. The van der Waals surface area contributed by atoms with E-state index in [0.717, 1.165) is 5.56 Å². The molecule has 1 aromatic rings. The number of halogens is 1. The summed E-state index contributed by atoms with van der Waals surface area (Å²) >= 11 is 0. The largest absolute Gasteiger partial charge is 0.481 e. The summed E-state index contributed by atoms with van der Waals surface area (Å²) < 4.78 is 13.5. The zero-order valence-electron chi connectivity index (χ0n) is 11.8. The fourth-order valence-corrected chi connectivity index (χ4v) is 1.92. The molecule has 0 aliphatic rings. The van der Waals surface area contributed by atoms with E-state index in [4.69, 9.17) is 5.11 Å². The van der Waals surface area contributed by atoms with Gasteiger partial charge in [0, 0.05) is 19.0 Å². The smallest absolute Gasteiger partial charge is 0.303 e. The number of carboxylic acid groups (broad SMARTS) is 1. The minimum Gasteiger partial charge on any atom is -0.481 e. The van der Waals surface area contributed by atoms with Crippen molar-refractivity contribution >= 4 is 5.97 Å². The van der Waals surface area contributed by atoms with Crippen LogP contribution in [0.1, 0.15) is 37.8 Å². The van der Waals surface area contributed by atoms with Gasteiger partial charge in [-0.3, -0.25) is 9.69 Å². The van der Waals surface area contributed by atoms with E-state index in [1.165, 1.54) is 0 Å². The molecule has 0 fully saturated rings. The fourth-order valence-electron chi connectivity index (χ4n) is 1.92. The number of aryl methyl sites for hydroxylation is 1. The van der Waals surface area contributed by atoms with Crippen molar-refractivity contribution in [3.8, 4) is 0 Å². The van der Waals surface area contributed by atoms with Crippen LogP contribution in [0.5, 0.6) is 0 Å². The van der Waals surface area contributed by atoms with Crippen LogP contribution in [-0.4, -0.2) is 28.6 Å². The molecule has 0 radical (unpaired) electrons. The Labute approximate surface area is 114 Å². The van der Waals surface area contributed by atoms with Gasteiger partial charge in [-0.15, -0.1) is 0 Å². The lowest BCUT2D eigenvalue weighted by Gasteiger charge is -2.26. The standard InChI is InChI=1S/C15H22FNO2/c1-11(2)17(8-4-5-15(18)19)10-13-7-6-12(3)14(16)9-13/h6-7,9,11H,4-5,8,10H2,1-3H3,(H,18,19). The maximum atomic E-state index is 13.5. The molecule has 19 heavy (non-hydrogen) atoms. The molecular weight excluding hydrogens is 245 g/mol. The molecule has 1 N–H and O–H groups in total. The van der Waals surface area contributed by atoms with Crippen molar-refractivity contribution in [2.75, 3.05) is 6.54 Å². The van der Waals surface area contributed by atoms with Gasteiger partial charge in [-0.25, -0.2) is 4.39 Å².